The van der Waals surface area contributed by atoms with E-state index in [9.17, 15) is 4.79 Å². The molecule has 1 heterocycles. The Bertz CT molecular complexity index is 968. The average molecular weight is 426 g/mol. The molecular formula is C24H31N3O2S. The van der Waals surface area contributed by atoms with E-state index in [1.165, 1.54) is 17.3 Å². The molecule has 1 aromatic heterocycles. The Hall–Kier alpha value is -2.31. The van der Waals surface area contributed by atoms with E-state index in [4.69, 9.17) is 4.74 Å². The minimum Gasteiger partial charge on any atom is -0.383 e. The summed E-state index contributed by atoms with van der Waals surface area (Å²) in [7, 11) is 1.68. The number of para-hydroxylation sites is 3. The van der Waals surface area contributed by atoms with Crippen LogP contribution in [0.25, 0.3) is 11.0 Å². The lowest BCUT2D eigenvalue weighted by molar-refractivity contribution is -0.116. The summed E-state index contributed by atoms with van der Waals surface area (Å²) in [6.07, 6.45) is 1.02. The number of carbonyl (C=O) groups excluding carboxylic acids is 1. The maximum atomic E-state index is 13.5. The highest BCUT2D eigenvalue weighted by Gasteiger charge is 2.27. The van der Waals surface area contributed by atoms with Gasteiger partial charge in [0.15, 0.2) is 5.16 Å². The van der Waals surface area contributed by atoms with Crippen molar-refractivity contribution < 1.29 is 9.53 Å². The lowest BCUT2D eigenvalue weighted by Crippen LogP contribution is -2.43. The second-order valence-corrected chi connectivity index (χ2v) is 8.70. The van der Waals surface area contributed by atoms with Gasteiger partial charge in [-0.2, -0.15) is 0 Å². The first-order chi connectivity index (χ1) is 14.5. The molecule has 1 N–H and O–H groups in total. The predicted molar refractivity (Wildman–Crippen MR) is 126 cm³/mol. The zero-order valence-corrected chi connectivity index (χ0v) is 19.3. The second-order valence-electron chi connectivity index (χ2n) is 7.74. The maximum Gasteiger partial charge on any atom is 0.237 e. The third-order valence-electron chi connectivity index (χ3n) is 5.47. The fraction of sp³-hybridized carbons (Fsp3) is 0.417. The molecular weight excluding hydrogens is 394 g/mol. The number of aromatic nitrogens is 2. The number of hydrogen-bond donors (Lipinski definition) is 1. The van der Waals surface area contributed by atoms with Crippen molar-refractivity contribution in [2.75, 3.05) is 24.4 Å². The lowest BCUT2D eigenvalue weighted by atomic mass is 9.93. The zero-order valence-electron chi connectivity index (χ0n) is 18.4. The zero-order chi connectivity index (χ0) is 21.7. The molecule has 0 spiro atoms. The third kappa shape index (κ3) is 4.87. The Morgan fingerprint density at radius 2 is 1.97 bits per heavy atom. The molecule has 0 bridgehead atoms. The van der Waals surface area contributed by atoms with Gasteiger partial charge in [-0.3, -0.25) is 4.79 Å². The van der Waals surface area contributed by atoms with Crippen LogP contribution in [0.4, 0.5) is 5.69 Å². The molecule has 160 valence electrons. The number of aryl methyl sites for hydroxylation is 1. The van der Waals surface area contributed by atoms with Crippen LogP contribution in [0.2, 0.25) is 0 Å². The van der Waals surface area contributed by atoms with E-state index >= 15 is 0 Å². The van der Waals surface area contributed by atoms with E-state index in [0.717, 1.165) is 33.9 Å². The molecule has 0 radical (unpaired) electrons. The van der Waals surface area contributed by atoms with Crippen molar-refractivity contribution in [2.24, 2.45) is 0 Å². The normalized spacial score (nSPS) is 13.4. The molecule has 1 amide bonds. The summed E-state index contributed by atoms with van der Waals surface area (Å²) in [5.74, 6) is 0.735. The molecule has 3 aromatic rings. The number of hydrogen-bond acceptors (Lipinski definition) is 4. The summed E-state index contributed by atoms with van der Waals surface area (Å²) in [6, 6.07) is 14.1. The van der Waals surface area contributed by atoms with Crippen LogP contribution in [0.3, 0.4) is 0 Å². The van der Waals surface area contributed by atoms with Gasteiger partial charge in [0.1, 0.15) is 0 Å². The van der Waals surface area contributed by atoms with Gasteiger partial charge in [-0.1, -0.05) is 55.9 Å². The lowest BCUT2D eigenvalue weighted by Gasteiger charge is -2.33. The number of amides is 1. The van der Waals surface area contributed by atoms with Crippen molar-refractivity contribution in [3.63, 3.8) is 0 Å². The molecule has 0 unspecified atom stereocenters. The Labute approximate surface area is 183 Å². The molecule has 6 heteroatoms. The molecule has 5 nitrogen and oxygen atoms in total. The fourth-order valence-corrected chi connectivity index (χ4v) is 4.48. The van der Waals surface area contributed by atoms with Crippen LogP contribution in [-0.4, -0.2) is 41.4 Å². The number of fused-ring (bicyclic) bond motifs is 1. The summed E-state index contributed by atoms with van der Waals surface area (Å²) in [5, 5.41) is 0.760. The summed E-state index contributed by atoms with van der Waals surface area (Å²) in [5.41, 5.74) is 5.23. The SMILES string of the molecule is CC[C@@H](C)c1cccc(C)c1N(C(=O)CSc1nc2ccccc2[nH]1)[C@@H](C)COC. The van der Waals surface area contributed by atoms with Crippen molar-refractivity contribution in [3.05, 3.63) is 53.6 Å². The van der Waals surface area contributed by atoms with Gasteiger partial charge in [-0.25, -0.2) is 4.98 Å². The largest absolute Gasteiger partial charge is 0.383 e. The first kappa shape index (κ1) is 22.4. The molecule has 30 heavy (non-hydrogen) atoms. The number of nitrogens with one attached hydrogen (secondary N) is 1. The molecule has 0 aliphatic rings. The summed E-state index contributed by atoms with van der Waals surface area (Å²) < 4.78 is 5.41. The molecule has 0 fully saturated rings. The van der Waals surface area contributed by atoms with Crippen LogP contribution in [0, 0.1) is 6.92 Å². The number of aromatic amines is 1. The summed E-state index contributed by atoms with van der Waals surface area (Å²) in [4.78, 5) is 23.3. The van der Waals surface area contributed by atoms with E-state index in [1.54, 1.807) is 7.11 Å². The van der Waals surface area contributed by atoms with Crippen molar-refractivity contribution in [2.45, 2.75) is 51.2 Å². The molecule has 0 saturated carbocycles. The topological polar surface area (TPSA) is 58.2 Å². The highest BCUT2D eigenvalue weighted by atomic mass is 32.2. The second kappa shape index (κ2) is 10.1. The fourth-order valence-electron chi connectivity index (χ4n) is 3.73. The Balaban J connectivity index is 1.89. The monoisotopic (exact) mass is 425 g/mol. The number of methoxy groups -OCH3 is 1. The number of H-pyrrole nitrogens is 1. The molecule has 2 atom stereocenters. The molecule has 0 aliphatic heterocycles. The number of imidazole rings is 1. The summed E-state index contributed by atoms with van der Waals surface area (Å²) >= 11 is 1.44. The van der Waals surface area contributed by atoms with Crippen molar-refractivity contribution >= 4 is 34.4 Å². The Kier molecular flexibility index (Phi) is 7.56. The smallest absolute Gasteiger partial charge is 0.237 e. The Morgan fingerprint density at radius 1 is 1.20 bits per heavy atom. The number of carbonyl (C=O) groups is 1. The average Bonchev–Trinajstić information content (AvgIpc) is 3.16. The van der Waals surface area contributed by atoms with E-state index in [0.29, 0.717) is 18.3 Å². The van der Waals surface area contributed by atoms with Crippen LogP contribution in [0.15, 0.2) is 47.6 Å². The molecule has 2 aromatic carbocycles. The van der Waals surface area contributed by atoms with E-state index in [-0.39, 0.29) is 11.9 Å². The van der Waals surface area contributed by atoms with Crippen LogP contribution in [0.1, 0.15) is 44.2 Å². The third-order valence-corrected chi connectivity index (χ3v) is 6.33. The van der Waals surface area contributed by atoms with E-state index in [1.807, 2.05) is 36.1 Å². The van der Waals surface area contributed by atoms with Crippen molar-refractivity contribution in [1.82, 2.24) is 9.97 Å². The van der Waals surface area contributed by atoms with E-state index in [2.05, 4.69) is 48.9 Å². The van der Waals surface area contributed by atoms with Gasteiger partial charge in [-0.05, 0) is 49.4 Å². The molecule has 3 rings (SSSR count). The first-order valence-corrected chi connectivity index (χ1v) is 11.4. The van der Waals surface area contributed by atoms with Gasteiger partial charge in [0.2, 0.25) is 5.91 Å². The Morgan fingerprint density at radius 3 is 2.67 bits per heavy atom. The quantitative estimate of drug-likeness (QED) is 0.457. The van der Waals surface area contributed by atoms with Gasteiger partial charge < -0.3 is 14.6 Å². The van der Waals surface area contributed by atoms with Gasteiger partial charge in [0.25, 0.3) is 0 Å². The van der Waals surface area contributed by atoms with Gasteiger partial charge >= 0.3 is 0 Å². The standard InChI is InChI=1S/C24H31N3O2S/c1-6-16(2)19-11-9-10-17(3)23(19)27(18(4)14-29-5)22(28)15-30-24-25-20-12-7-8-13-21(20)26-24/h7-13,16,18H,6,14-15H2,1-5H3,(H,25,26)/t16-,18+/m1/s1. The molecule has 0 saturated heterocycles. The number of nitrogens with zero attached hydrogens (tertiary/aromatic N) is 2. The number of benzene rings is 2. The van der Waals surface area contributed by atoms with Crippen molar-refractivity contribution in [1.29, 1.82) is 0 Å². The molecule has 0 aliphatic carbocycles. The number of thioether (sulfide) groups is 1. The minimum atomic E-state index is -0.0670. The predicted octanol–water partition coefficient (Wildman–Crippen LogP) is 5.55. The van der Waals surface area contributed by atoms with Gasteiger partial charge in [0, 0.05) is 7.11 Å². The number of ether oxygens (including phenoxy) is 1. The number of rotatable bonds is 9. The van der Waals surface area contributed by atoms with Gasteiger partial charge in [0.05, 0.1) is 35.1 Å². The van der Waals surface area contributed by atoms with Crippen LogP contribution in [0.5, 0.6) is 0 Å². The highest BCUT2D eigenvalue weighted by Crippen LogP contribution is 2.34. The summed E-state index contributed by atoms with van der Waals surface area (Å²) in [6.45, 7) is 8.99. The van der Waals surface area contributed by atoms with Crippen LogP contribution < -0.4 is 4.90 Å². The van der Waals surface area contributed by atoms with Gasteiger partial charge in [-0.15, -0.1) is 0 Å². The van der Waals surface area contributed by atoms with Crippen molar-refractivity contribution in [3.8, 4) is 0 Å². The van der Waals surface area contributed by atoms with Crippen LogP contribution in [-0.2, 0) is 9.53 Å². The number of anilines is 1. The van der Waals surface area contributed by atoms with E-state index < -0.39 is 0 Å². The minimum absolute atomic E-state index is 0.0591. The van der Waals surface area contributed by atoms with Crippen LogP contribution >= 0.6 is 11.8 Å². The first-order valence-electron chi connectivity index (χ1n) is 10.4. The highest BCUT2D eigenvalue weighted by molar-refractivity contribution is 7.99. The maximum absolute atomic E-state index is 13.5.